The maximum atomic E-state index is 12.3. The number of anilines is 1. The van der Waals surface area contributed by atoms with Gasteiger partial charge in [0.05, 0.1) is 11.6 Å². The second kappa shape index (κ2) is 5.01. The molecule has 1 aromatic rings. The number of carboxylic acid groups (broad SMARTS) is 1. The quantitative estimate of drug-likeness (QED) is 0.859. The van der Waals surface area contributed by atoms with E-state index in [9.17, 15) is 9.59 Å². The Hall–Kier alpha value is -1.88. The second-order valence-electron chi connectivity index (χ2n) is 5.16. The number of carbonyl (C=O) groups is 2. The van der Waals surface area contributed by atoms with Gasteiger partial charge in [-0.05, 0) is 36.1 Å². The normalized spacial score (nSPS) is 15.5. The Bertz CT molecular complexity index is 525. The summed E-state index contributed by atoms with van der Waals surface area (Å²) in [5, 5.41) is 8.95. The van der Waals surface area contributed by atoms with Crippen molar-refractivity contribution in [3.05, 3.63) is 29.3 Å². The summed E-state index contributed by atoms with van der Waals surface area (Å²) >= 11 is 0. The number of rotatable bonds is 3. The molecule has 0 aliphatic carbocycles. The number of aromatic carboxylic acids is 1. The lowest BCUT2D eigenvalue weighted by molar-refractivity contribution is -0.120. The van der Waals surface area contributed by atoms with E-state index in [2.05, 4.69) is 0 Å². The van der Waals surface area contributed by atoms with Gasteiger partial charge >= 0.3 is 5.97 Å². The summed E-state index contributed by atoms with van der Waals surface area (Å²) in [4.78, 5) is 24.8. The van der Waals surface area contributed by atoms with Crippen molar-refractivity contribution in [1.82, 2.24) is 0 Å². The zero-order chi connectivity index (χ0) is 14.2. The van der Waals surface area contributed by atoms with E-state index in [4.69, 9.17) is 10.8 Å². The first kappa shape index (κ1) is 13.5. The summed E-state index contributed by atoms with van der Waals surface area (Å²) in [6.07, 6.45) is 0.674. The van der Waals surface area contributed by atoms with E-state index < -0.39 is 12.0 Å². The highest BCUT2D eigenvalue weighted by Gasteiger charge is 2.30. The van der Waals surface area contributed by atoms with Gasteiger partial charge in [-0.2, -0.15) is 0 Å². The van der Waals surface area contributed by atoms with Crippen LogP contribution in [0.3, 0.4) is 0 Å². The molecule has 0 saturated heterocycles. The van der Waals surface area contributed by atoms with E-state index in [1.807, 2.05) is 13.8 Å². The van der Waals surface area contributed by atoms with Crippen LogP contribution in [0.5, 0.6) is 0 Å². The maximum Gasteiger partial charge on any atom is 0.335 e. The van der Waals surface area contributed by atoms with Gasteiger partial charge in [0.2, 0.25) is 5.91 Å². The molecule has 0 radical (unpaired) electrons. The molecule has 0 saturated carbocycles. The highest BCUT2D eigenvalue weighted by atomic mass is 16.4. The van der Waals surface area contributed by atoms with E-state index in [1.165, 1.54) is 6.07 Å². The molecule has 2 rings (SSSR count). The summed E-state index contributed by atoms with van der Waals surface area (Å²) in [6.45, 7) is 4.39. The number of nitrogens with two attached hydrogens (primary N) is 1. The van der Waals surface area contributed by atoms with E-state index in [0.29, 0.717) is 13.0 Å². The van der Waals surface area contributed by atoms with Crippen LogP contribution in [0.1, 0.15) is 29.8 Å². The third-order valence-electron chi connectivity index (χ3n) is 3.49. The largest absolute Gasteiger partial charge is 0.478 e. The van der Waals surface area contributed by atoms with E-state index in [0.717, 1.165) is 11.3 Å². The second-order valence-corrected chi connectivity index (χ2v) is 5.16. The van der Waals surface area contributed by atoms with Crippen LogP contribution in [0.15, 0.2) is 18.2 Å². The molecule has 1 amide bonds. The lowest BCUT2D eigenvalue weighted by Gasteiger charge is -2.23. The average Bonchev–Trinajstić information content (AvgIpc) is 2.79. The lowest BCUT2D eigenvalue weighted by Crippen LogP contribution is -2.46. The SMILES string of the molecule is CC(C)[C@@H](N)C(=O)N1CCc2cc(C(=O)O)ccc21. The molecule has 5 heteroatoms. The van der Waals surface area contributed by atoms with Crippen LogP contribution in [0, 0.1) is 5.92 Å². The number of amides is 1. The first-order chi connectivity index (χ1) is 8.91. The van der Waals surface area contributed by atoms with Crippen LogP contribution < -0.4 is 10.6 Å². The Morgan fingerprint density at radius 3 is 2.63 bits per heavy atom. The fourth-order valence-electron chi connectivity index (χ4n) is 2.23. The van der Waals surface area contributed by atoms with Gasteiger partial charge in [0, 0.05) is 12.2 Å². The van der Waals surface area contributed by atoms with Crippen molar-refractivity contribution >= 4 is 17.6 Å². The first-order valence-electron chi connectivity index (χ1n) is 6.35. The fraction of sp³-hybridized carbons (Fsp3) is 0.429. The predicted molar refractivity (Wildman–Crippen MR) is 72.3 cm³/mol. The Balaban J connectivity index is 2.28. The lowest BCUT2D eigenvalue weighted by atomic mass is 10.0. The van der Waals surface area contributed by atoms with E-state index >= 15 is 0 Å². The Morgan fingerprint density at radius 1 is 1.37 bits per heavy atom. The number of benzene rings is 1. The average molecular weight is 262 g/mol. The molecule has 0 aromatic heterocycles. The molecule has 3 N–H and O–H groups in total. The number of hydrogen-bond acceptors (Lipinski definition) is 3. The molecule has 19 heavy (non-hydrogen) atoms. The minimum atomic E-state index is -0.952. The smallest absolute Gasteiger partial charge is 0.335 e. The van der Waals surface area contributed by atoms with Crippen LogP contribution in [0.2, 0.25) is 0 Å². The molecule has 1 aromatic carbocycles. The van der Waals surface area contributed by atoms with Crippen molar-refractivity contribution in [2.45, 2.75) is 26.3 Å². The van der Waals surface area contributed by atoms with Gasteiger partial charge in [0.15, 0.2) is 0 Å². The Labute approximate surface area is 112 Å². The summed E-state index contributed by atoms with van der Waals surface area (Å²) in [7, 11) is 0. The molecular formula is C14H18N2O3. The Kier molecular flexibility index (Phi) is 3.57. The minimum Gasteiger partial charge on any atom is -0.478 e. The molecule has 0 fully saturated rings. The summed E-state index contributed by atoms with van der Waals surface area (Å²) in [5.74, 6) is -0.974. The molecule has 102 valence electrons. The van der Waals surface area contributed by atoms with Gasteiger partial charge in [-0.25, -0.2) is 4.79 Å². The maximum absolute atomic E-state index is 12.3. The first-order valence-corrected chi connectivity index (χ1v) is 6.35. The summed E-state index contributed by atoms with van der Waals surface area (Å²) in [5.41, 5.74) is 7.82. The molecule has 5 nitrogen and oxygen atoms in total. The number of fused-ring (bicyclic) bond motifs is 1. The summed E-state index contributed by atoms with van der Waals surface area (Å²) in [6, 6.07) is 4.32. The molecule has 1 aliphatic heterocycles. The molecule has 1 aliphatic rings. The van der Waals surface area contributed by atoms with Crippen LogP contribution in [-0.2, 0) is 11.2 Å². The van der Waals surface area contributed by atoms with Crippen LogP contribution in [0.25, 0.3) is 0 Å². The van der Waals surface area contributed by atoms with Crippen LogP contribution in [0.4, 0.5) is 5.69 Å². The topological polar surface area (TPSA) is 83.6 Å². The third-order valence-corrected chi connectivity index (χ3v) is 3.49. The van der Waals surface area contributed by atoms with E-state index in [1.54, 1.807) is 17.0 Å². The van der Waals surface area contributed by atoms with Crippen molar-refractivity contribution in [3.8, 4) is 0 Å². The molecule has 0 unspecified atom stereocenters. The number of carbonyl (C=O) groups excluding carboxylic acids is 1. The fourth-order valence-corrected chi connectivity index (χ4v) is 2.23. The monoisotopic (exact) mass is 262 g/mol. The highest BCUT2D eigenvalue weighted by Crippen LogP contribution is 2.29. The third kappa shape index (κ3) is 2.46. The standard InChI is InChI=1S/C14H18N2O3/c1-8(2)12(15)13(17)16-6-5-9-7-10(14(18)19)3-4-11(9)16/h3-4,7-8,12H,5-6,15H2,1-2H3,(H,18,19)/t12-/m1/s1. The molecule has 0 spiro atoms. The van der Waals surface area contributed by atoms with Gasteiger partial charge in [-0.3, -0.25) is 4.79 Å². The van der Waals surface area contributed by atoms with Crippen molar-refractivity contribution in [2.75, 3.05) is 11.4 Å². The van der Waals surface area contributed by atoms with Gasteiger partial charge in [-0.15, -0.1) is 0 Å². The van der Waals surface area contributed by atoms with Crippen molar-refractivity contribution in [2.24, 2.45) is 11.7 Å². The summed E-state index contributed by atoms with van der Waals surface area (Å²) < 4.78 is 0. The van der Waals surface area contributed by atoms with E-state index in [-0.39, 0.29) is 17.4 Å². The van der Waals surface area contributed by atoms with Gasteiger partial charge in [-0.1, -0.05) is 13.8 Å². The predicted octanol–water partition coefficient (Wildman–Crippen LogP) is 1.26. The zero-order valence-electron chi connectivity index (χ0n) is 11.1. The van der Waals surface area contributed by atoms with Crippen molar-refractivity contribution in [3.63, 3.8) is 0 Å². The zero-order valence-corrected chi connectivity index (χ0v) is 11.1. The number of hydrogen-bond donors (Lipinski definition) is 2. The van der Waals surface area contributed by atoms with Gasteiger partial charge in [0.1, 0.15) is 0 Å². The van der Waals surface area contributed by atoms with Gasteiger partial charge in [0.25, 0.3) is 0 Å². The molecular weight excluding hydrogens is 244 g/mol. The molecule has 1 heterocycles. The van der Waals surface area contributed by atoms with Crippen molar-refractivity contribution < 1.29 is 14.7 Å². The Morgan fingerprint density at radius 2 is 2.05 bits per heavy atom. The van der Waals surface area contributed by atoms with Gasteiger partial charge < -0.3 is 15.7 Å². The number of nitrogens with zero attached hydrogens (tertiary/aromatic N) is 1. The minimum absolute atomic E-state index is 0.0786. The van der Waals surface area contributed by atoms with Crippen molar-refractivity contribution in [1.29, 1.82) is 0 Å². The highest BCUT2D eigenvalue weighted by molar-refractivity contribution is 5.99. The van der Waals surface area contributed by atoms with Crippen LogP contribution in [-0.4, -0.2) is 29.6 Å². The molecule has 1 atom stereocenters. The molecule has 0 bridgehead atoms. The number of carboxylic acids is 1. The van der Waals surface area contributed by atoms with Crippen LogP contribution >= 0.6 is 0 Å².